The molecule has 0 aliphatic carbocycles. The van der Waals surface area contributed by atoms with Crippen LogP contribution in [0, 0.1) is 0 Å². The lowest BCUT2D eigenvalue weighted by Crippen LogP contribution is -2.43. The lowest BCUT2D eigenvalue weighted by Gasteiger charge is -2.33. The molecule has 32 heavy (non-hydrogen) atoms. The molecule has 0 radical (unpaired) electrons. The van der Waals surface area contributed by atoms with E-state index in [9.17, 15) is 9.59 Å². The summed E-state index contributed by atoms with van der Waals surface area (Å²) in [5.74, 6) is -0.242. The molecule has 3 aromatic rings. The van der Waals surface area contributed by atoms with Crippen LogP contribution in [0.15, 0.2) is 48.9 Å². The van der Waals surface area contributed by atoms with Crippen LogP contribution in [0.4, 0.5) is 0 Å². The summed E-state index contributed by atoms with van der Waals surface area (Å²) >= 11 is 0. The van der Waals surface area contributed by atoms with Crippen molar-refractivity contribution in [2.24, 2.45) is 0 Å². The Hall–Kier alpha value is -3.43. The first-order valence-corrected chi connectivity index (χ1v) is 10.6. The Morgan fingerprint density at radius 3 is 2.59 bits per heavy atom. The van der Waals surface area contributed by atoms with E-state index in [1.165, 1.54) is 18.6 Å². The number of benzene rings is 1. The first-order valence-electron chi connectivity index (χ1n) is 10.6. The zero-order valence-corrected chi connectivity index (χ0v) is 17.5. The van der Waals surface area contributed by atoms with Gasteiger partial charge in [0.05, 0.1) is 49.3 Å². The topological polar surface area (TPSA) is 97.8 Å². The van der Waals surface area contributed by atoms with Crippen molar-refractivity contribution in [3.05, 3.63) is 65.9 Å². The van der Waals surface area contributed by atoms with E-state index in [1.807, 2.05) is 24.3 Å². The van der Waals surface area contributed by atoms with Crippen molar-refractivity contribution >= 4 is 22.7 Å². The first kappa shape index (κ1) is 20.5. The predicted molar refractivity (Wildman–Crippen MR) is 115 cm³/mol. The van der Waals surface area contributed by atoms with E-state index in [0.717, 1.165) is 10.9 Å². The lowest BCUT2D eigenvalue weighted by atomic mass is 10.0. The number of carbonyl (C=O) groups is 2. The molecule has 1 unspecified atom stereocenters. The Labute approximate surface area is 185 Å². The minimum Gasteiger partial charge on any atom is -0.378 e. The fourth-order valence-electron chi connectivity index (χ4n) is 4.06. The molecular formula is C23H23N5O4. The summed E-state index contributed by atoms with van der Waals surface area (Å²) in [6, 6.07) is 9.40. The fourth-order valence-corrected chi connectivity index (χ4v) is 4.06. The Morgan fingerprint density at radius 1 is 0.969 bits per heavy atom. The highest BCUT2D eigenvalue weighted by atomic mass is 16.5. The van der Waals surface area contributed by atoms with Crippen LogP contribution < -0.4 is 0 Å². The second-order valence-corrected chi connectivity index (χ2v) is 7.72. The second kappa shape index (κ2) is 8.97. The van der Waals surface area contributed by atoms with E-state index < -0.39 is 6.10 Å². The maximum Gasteiger partial charge on any atom is 0.274 e. The Kier molecular flexibility index (Phi) is 5.74. The molecule has 2 amide bonds. The van der Waals surface area contributed by atoms with Gasteiger partial charge in [-0.1, -0.05) is 18.2 Å². The number of para-hydroxylation sites is 1. The number of fused-ring (bicyclic) bond motifs is 1. The number of nitrogens with zero attached hydrogens (tertiary/aromatic N) is 5. The fraction of sp³-hybridized carbons (Fsp3) is 0.348. The summed E-state index contributed by atoms with van der Waals surface area (Å²) in [5.41, 5.74) is 2.25. The van der Waals surface area contributed by atoms with Crippen LogP contribution in [0.3, 0.4) is 0 Å². The molecule has 0 N–H and O–H groups in total. The Balaban J connectivity index is 1.46. The van der Waals surface area contributed by atoms with Gasteiger partial charge >= 0.3 is 0 Å². The standard InChI is InChI=1S/C23H23N5O4/c29-22(27-7-10-31-11-8-27)17-13-19(26-18-4-2-1-3-16(17)18)21-15-28(9-12-32-21)23(30)20-14-24-5-6-25-20/h1-6,13-14,21H,7-12,15H2. The van der Waals surface area contributed by atoms with Gasteiger partial charge in [0.15, 0.2) is 0 Å². The summed E-state index contributed by atoms with van der Waals surface area (Å²) in [7, 11) is 0. The van der Waals surface area contributed by atoms with Gasteiger partial charge in [-0.3, -0.25) is 14.6 Å². The molecule has 1 aromatic carbocycles. The van der Waals surface area contributed by atoms with Crippen molar-refractivity contribution in [2.45, 2.75) is 6.10 Å². The molecule has 5 rings (SSSR count). The van der Waals surface area contributed by atoms with Gasteiger partial charge in [-0.05, 0) is 12.1 Å². The lowest BCUT2D eigenvalue weighted by molar-refractivity contribution is -0.0248. The van der Waals surface area contributed by atoms with Gasteiger partial charge in [-0.2, -0.15) is 0 Å². The second-order valence-electron chi connectivity index (χ2n) is 7.72. The molecule has 0 saturated carbocycles. The van der Waals surface area contributed by atoms with Gasteiger partial charge in [-0.15, -0.1) is 0 Å². The monoisotopic (exact) mass is 433 g/mol. The van der Waals surface area contributed by atoms with Gasteiger partial charge in [0.2, 0.25) is 0 Å². The van der Waals surface area contributed by atoms with Gasteiger partial charge in [0.1, 0.15) is 11.8 Å². The van der Waals surface area contributed by atoms with Crippen LogP contribution in [0.2, 0.25) is 0 Å². The number of rotatable bonds is 3. The maximum absolute atomic E-state index is 13.3. The summed E-state index contributed by atoms with van der Waals surface area (Å²) in [5, 5.41) is 0.802. The number of carbonyl (C=O) groups excluding carboxylic acids is 2. The number of morpholine rings is 2. The largest absolute Gasteiger partial charge is 0.378 e. The number of hydrogen-bond donors (Lipinski definition) is 0. The molecular weight excluding hydrogens is 410 g/mol. The van der Waals surface area contributed by atoms with Crippen molar-refractivity contribution in [1.29, 1.82) is 0 Å². The molecule has 9 nitrogen and oxygen atoms in total. The number of ether oxygens (including phenoxy) is 2. The van der Waals surface area contributed by atoms with E-state index in [1.54, 1.807) is 15.9 Å². The average molecular weight is 433 g/mol. The highest BCUT2D eigenvalue weighted by Gasteiger charge is 2.29. The van der Waals surface area contributed by atoms with Crippen LogP contribution in [0.5, 0.6) is 0 Å². The summed E-state index contributed by atoms with van der Waals surface area (Å²) in [6.45, 7) is 3.35. The van der Waals surface area contributed by atoms with Crippen molar-refractivity contribution in [1.82, 2.24) is 24.8 Å². The SMILES string of the molecule is O=C(c1cnccn1)N1CCOC(c2cc(C(=O)N3CCOCC3)c3ccccc3n2)C1. The quantitative estimate of drug-likeness (QED) is 0.620. The van der Waals surface area contributed by atoms with Crippen LogP contribution in [-0.2, 0) is 9.47 Å². The molecule has 0 spiro atoms. The summed E-state index contributed by atoms with van der Waals surface area (Å²) in [6.07, 6.45) is 4.05. The van der Waals surface area contributed by atoms with Crippen molar-refractivity contribution in [3.8, 4) is 0 Å². The third kappa shape index (κ3) is 4.04. The zero-order chi connectivity index (χ0) is 21.9. The predicted octanol–water partition coefficient (Wildman–Crippen LogP) is 1.71. The van der Waals surface area contributed by atoms with E-state index in [-0.39, 0.29) is 11.8 Å². The molecule has 2 aliphatic heterocycles. The highest BCUT2D eigenvalue weighted by Crippen LogP contribution is 2.27. The Morgan fingerprint density at radius 2 is 1.78 bits per heavy atom. The number of amides is 2. The van der Waals surface area contributed by atoms with E-state index in [4.69, 9.17) is 14.5 Å². The van der Waals surface area contributed by atoms with Crippen molar-refractivity contribution < 1.29 is 19.1 Å². The van der Waals surface area contributed by atoms with Gasteiger partial charge in [0.25, 0.3) is 11.8 Å². The molecule has 9 heteroatoms. The van der Waals surface area contributed by atoms with Gasteiger partial charge in [0, 0.05) is 37.4 Å². The smallest absolute Gasteiger partial charge is 0.274 e. The minimum absolute atomic E-state index is 0.0450. The Bertz CT molecular complexity index is 1130. The summed E-state index contributed by atoms with van der Waals surface area (Å²) in [4.78, 5) is 42.5. The third-order valence-corrected chi connectivity index (χ3v) is 5.73. The number of hydrogen-bond acceptors (Lipinski definition) is 7. The van der Waals surface area contributed by atoms with Crippen LogP contribution in [0.25, 0.3) is 10.9 Å². The van der Waals surface area contributed by atoms with Gasteiger partial charge < -0.3 is 19.3 Å². The van der Waals surface area contributed by atoms with Crippen molar-refractivity contribution in [2.75, 3.05) is 46.0 Å². The molecule has 0 bridgehead atoms. The molecule has 2 aliphatic rings. The molecule has 1 atom stereocenters. The minimum atomic E-state index is -0.440. The van der Waals surface area contributed by atoms with Crippen molar-refractivity contribution in [3.63, 3.8) is 0 Å². The van der Waals surface area contributed by atoms with Crippen LogP contribution in [0.1, 0.15) is 32.6 Å². The van der Waals surface area contributed by atoms with E-state index in [0.29, 0.717) is 63.0 Å². The van der Waals surface area contributed by atoms with E-state index >= 15 is 0 Å². The number of pyridine rings is 1. The average Bonchev–Trinajstić information content (AvgIpc) is 2.88. The zero-order valence-electron chi connectivity index (χ0n) is 17.5. The summed E-state index contributed by atoms with van der Waals surface area (Å²) < 4.78 is 11.4. The maximum atomic E-state index is 13.3. The first-order chi connectivity index (χ1) is 15.7. The van der Waals surface area contributed by atoms with E-state index in [2.05, 4.69) is 9.97 Å². The highest BCUT2D eigenvalue weighted by molar-refractivity contribution is 6.06. The molecule has 4 heterocycles. The number of aromatic nitrogens is 3. The molecule has 164 valence electrons. The van der Waals surface area contributed by atoms with Crippen LogP contribution >= 0.6 is 0 Å². The van der Waals surface area contributed by atoms with Crippen LogP contribution in [-0.4, -0.2) is 82.6 Å². The van der Waals surface area contributed by atoms with Gasteiger partial charge in [-0.25, -0.2) is 9.97 Å². The normalized spacial score (nSPS) is 19.2. The molecule has 2 saturated heterocycles. The third-order valence-electron chi connectivity index (χ3n) is 5.73. The molecule has 2 fully saturated rings. The molecule has 2 aromatic heterocycles.